The molecular formula is H11Al2MgMnSi. The third kappa shape index (κ3) is 20.8. The Hall–Kier alpha value is 2.57. The molecule has 0 saturated heterocycles. The normalized spacial score (nSPS) is 1.80. The summed E-state index contributed by atoms with van der Waals surface area (Å²) in [5.74, 6) is 0. The van der Waals surface area contributed by atoms with Crippen LogP contribution < -0.4 is 0 Å². The maximum atomic E-state index is 3.08. The maximum absolute atomic E-state index is 3.08. The van der Waals surface area contributed by atoms with Crippen molar-refractivity contribution >= 4 is 66.6 Å². The number of hydrogen-bond donors (Lipinski definition) is 0. The van der Waals surface area contributed by atoms with E-state index in [9.17, 15) is 0 Å². The molecular weight excluding hydrogens is 161 g/mol. The van der Waals surface area contributed by atoms with E-state index >= 15 is 0 Å². The van der Waals surface area contributed by atoms with E-state index in [1.54, 1.807) is 0 Å². The van der Waals surface area contributed by atoms with Gasteiger partial charge in [-0.05, 0) is 0 Å². The van der Waals surface area contributed by atoms with Crippen LogP contribution in [0.25, 0.3) is 0 Å². The van der Waals surface area contributed by atoms with Crippen molar-refractivity contribution < 1.29 is 15.4 Å². The summed E-state index contributed by atoms with van der Waals surface area (Å²) in [5, 5.41) is 0. The summed E-state index contributed by atoms with van der Waals surface area (Å²) in [6, 6.07) is 0. The van der Waals surface area contributed by atoms with Crippen molar-refractivity contribution in [1.82, 2.24) is 0 Å². The first-order valence-corrected chi connectivity index (χ1v) is 4.68. The molecule has 0 unspecified atom stereocenters. The van der Waals surface area contributed by atoms with Crippen LogP contribution in [-0.2, 0) is 15.4 Å². The molecule has 0 spiro atoms. The van der Waals surface area contributed by atoms with Crippen LogP contribution in [0.2, 0.25) is 0 Å². The van der Waals surface area contributed by atoms with Gasteiger partial charge < -0.3 is 0 Å². The van der Waals surface area contributed by atoms with Crippen molar-refractivity contribution in [1.29, 1.82) is 0 Å². The van der Waals surface area contributed by atoms with Crippen LogP contribution >= 0.6 is 0 Å². The first-order chi connectivity index (χ1) is 1.00. The number of rotatable bonds is 0. The average Bonchev–Trinajstić information content (AvgIpc) is 1.00. The summed E-state index contributed by atoms with van der Waals surface area (Å²) in [5.41, 5.74) is 0. The predicted molar refractivity (Wildman–Crippen MR) is 38.4 cm³/mol. The third-order valence-corrected chi connectivity index (χ3v) is 0. The Bertz CT molecular complexity index is 9.61. The molecule has 0 aliphatic heterocycles. The van der Waals surface area contributed by atoms with Crippen molar-refractivity contribution in [3.63, 3.8) is 0 Å². The van der Waals surface area contributed by atoms with Gasteiger partial charge in [0, 0.05) is 0 Å². The first-order valence-electron chi connectivity index (χ1n) is 0.378. The zero-order valence-electron chi connectivity index (χ0n) is 1.38. The van der Waals surface area contributed by atoms with E-state index in [4.69, 9.17) is 0 Å². The molecule has 0 N–H and O–H groups in total. The van der Waals surface area contributed by atoms with Crippen LogP contribution in [0.15, 0.2) is 0 Å². The van der Waals surface area contributed by atoms with Gasteiger partial charge in [0.15, 0.2) is 34.7 Å². The molecule has 0 fully saturated rings. The molecule has 0 aromatic rings. The summed E-state index contributed by atoms with van der Waals surface area (Å²) >= 11 is 3.08. The predicted octanol–water partition coefficient (Wildman–Crippen LogP) is -4.47. The van der Waals surface area contributed by atoms with Gasteiger partial charge in [0.1, 0.15) is 0 Å². The molecule has 30 valence electrons. The number of hydrogen-bond acceptors (Lipinski definition) is 0. The second-order valence-electron chi connectivity index (χ2n) is 0. The van der Waals surface area contributed by atoms with E-state index in [1.807, 2.05) is 0 Å². The van der Waals surface area contributed by atoms with Gasteiger partial charge >= 0.3 is 47.3 Å². The molecule has 5 heavy (non-hydrogen) atoms. The molecule has 0 saturated carbocycles. The molecule has 0 aliphatic carbocycles. The van der Waals surface area contributed by atoms with E-state index in [1.165, 1.54) is 0 Å². The standard InChI is InChI=1S/2Al.Mg.Mn.H3Si.8H/h;;;;1H3;;;;;;;;. The Morgan fingerprint density at radius 1 is 1.00 bits per heavy atom. The molecule has 0 amide bonds. The van der Waals surface area contributed by atoms with E-state index < -0.39 is 0 Å². The van der Waals surface area contributed by atoms with Gasteiger partial charge in [-0.3, -0.25) is 0 Å². The molecule has 0 bridgehead atoms. The average molecular weight is 172 g/mol. The van der Waals surface area contributed by atoms with E-state index in [-0.39, 0.29) is 57.8 Å². The van der Waals surface area contributed by atoms with Crippen molar-refractivity contribution in [2.24, 2.45) is 0 Å². The van der Waals surface area contributed by atoms with Crippen molar-refractivity contribution in [2.75, 3.05) is 0 Å². The van der Waals surface area contributed by atoms with Gasteiger partial charge in [0.2, 0.25) is 0 Å². The summed E-state index contributed by atoms with van der Waals surface area (Å²) in [6.45, 7) is 0. The van der Waals surface area contributed by atoms with Gasteiger partial charge in [-0.15, -0.1) is 0 Å². The zero-order chi connectivity index (χ0) is 2.00. The van der Waals surface area contributed by atoms with Crippen LogP contribution in [0, 0.1) is 0 Å². The van der Waals surface area contributed by atoms with E-state index in [0.717, 1.165) is 8.85 Å². The van der Waals surface area contributed by atoms with E-state index in [0.29, 0.717) is 0 Å². The van der Waals surface area contributed by atoms with Crippen LogP contribution in [0.4, 0.5) is 0 Å². The summed E-state index contributed by atoms with van der Waals surface area (Å²) in [7, 11) is 1.12. The molecule has 0 aliphatic rings. The van der Waals surface area contributed by atoms with Crippen LogP contribution in [0.5, 0.6) is 0 Å². The fraction of sp³-hybridized carbons (Fsp3) is 0. The quantitative estimate of drug-likeness (QED) is 0.323. The van der Waals surface area contributed by atoms with Gasteiger partial charge in [-0.2, -0.15) is 0 Å². The van der Waals surface area contributed by atoms with Crippen molar-refractivity contribution in [3.05, 3.63) is 0 Å². The minimum atomic E-state index is 0. The minimum absolute atomic E-state index is 0. The molecule has 0 aromatic heterocycles. The van der Waals surface area contributed by atoms with Gasteiger partial charge in [0.05, 0.1) is 0 Å². The molecule has 0 nitrogen and oxygen atoms in total. The molecule has 0 atom stereocenters. The summed E-state index contributed by atoms with van der Waals surface area (Å²) < 4.78 is 0. The van der Waals surface area contributed by atoms with E-state index in [2.05, 4.69) is 15.4 Å². The molecule has 0 heterocycles. The fourth-order valence-corrected chi connectivity index (χ4v) is 0. The fourth-order valence-electron chi connectivity index (χ4n) is 0. The second kappa shape index (κ2) is 30.9. The molecule has 0 rings (SSSR count). The monoisotopic (exact) mass is 172 g/mol. The molecule has 0 radical (unpaired) electrons. The Balaban J connectivity index is -0.00000000167. The van der Waals surface area contributed by atoms with Crippen molar-refractivity contribution in [2.45, 2.75) is 0 Å². The molecule has 5 heteroatoms. The summed E-state index contributed by atoms with van der Waals surface area (Å²) in [4.78, 5) is 0. The Kier molecular flexibility index (Phi) is 158. The first kappa shape index (κ1) is 25.6. The third-order valence-electron chi connectivity index (χ3n) is 0. The SMILES string of the molecule is [AlH3].[AlH3].[MgH2].[SiH3][Mn]. The Morgan fingerprint density at radius 2 is 1.00 bits per heavy atom. The van der Waals surface area contributed by atoms with Gasteiger partial charge in [-0.1, -0.05) is 0 Å². The zero-order valence-corrected chi connectivity index (χ0v) is 4.56. The Morgan fingerprint density at radius 3 is 1.00 bits per heavy atom. The van der Waals surface area contributed by atoms with Gasteiger partial charge in [-0.25, -0.2) is 0 Å². The van der Waals surface area contributed by atoms with Crippen LogP contribution in [0.3, 0.4) is 0 Å². The Labute approximate surface area is 80.9 Å². The summed E-state index contributed by atoms with van der Waals surface area (Å²) in [6.07, 6.45) is 0. The van der Waals surface area contributed by atoms with Crippen LogP contribution in [0.1, 0.15) is 0 Å². The second-order valence-corrected chi connectivity index (χ2v) is 0. The molecule has 0 aromatic carbocycles. The topological polar surface area (TPSA) is 0 Å². The van der Waals surface area contributed by atoms with Crippen molar-refractivity contribution in [3.8, 4) is 0 Å². The van der Waals surface area contributed by atoms with Crippen LogP contribution in [-0.4, -0.2) is 66.6 Å². The van der Waals surface area contributed by atoms with Gasteiger partial charge in [0.25, 0.3) is 0 Å².